The van der Waals surface area contributed by atoms with Crippen molar-refractivity contribution in [3.05, 3.63) is 64.9 Å². The second-order valence-electron chi connectivity index (χ2n) is 5.26. The standard InChI is InChI=1S/C16H18ClN3O3S/c1-12(16(21)19-10-15-4-2-3-9-18-15)20-24(22,23)11-13-5-7-14(17)8-6-13/h2-9,12,20H,10-11H2,1H3,(H,19,21). The Kier molecular flexibility index (Phi) is 6.30. The normalized spacial score (nSPS) is 12.6. The third-order valence-corrected chi connectivity index (χ3v) is 4.87. The Morgan fingerprint density at radius 3 is 2.54 bits per heavy atom. The first-order valence-corrected chi connectivity index (χ1v) is 9.31. The van der Waals surface area contributed by atoms with Gasteiger partial charge in [0.05, 0.1) is 24.0 Å². The molecule has 6 nitrogen and oxygen atoms in total. The van der Waals surface area contributed by atoms with E-state index in [2.05, 4.69) is 15.0 Å². The first-order chi connectivity index (χ1) is 11.4. The molecule has 1 aromatic carbocycles. The van der Waals surface area contributed by atoms with Crippen LogP contribution in [0.3, 0.4) is 0 Å². The van der Waals surface area contributed by atoms with Crippen LogP contribution in [0, 0.1) is 0 Å². The smallest absolute Gasteiger partial charge is 0.238 e. The number of carbonyl (C=O) groups excluding carboxylic acids is 1. The fraction of sp³-hybridized carbons (Fsp3) is 0.250. The van der Waals surface area contributed by atoms with Crippen LogP contribution in [-0.4, -0.2) is 25.4 Å². The molecule has 0 bridgehead atoms. The van der Waals surface area contributed by atoms with E-state index in [1.807, 2.05) is 6.07 Å². The average Bonchev–Trinajstić information content (AvgIpc) is 2.55. The van der Waals surface area contributed by atoms with Crippen LogP contribution in [0.1, 0.15) is 18.2 Å². The summed E-state index contributed by atoms with van der Waals surface area (Å²) in [5, 5.41) is 3.18. The number of hydrogen-bond acceptors (Lipinski definition) is 4. The Bertz CT molecular complexity index is 780. The minimum absolute atomic E-state index is 0.220. The molecule has 0 aliphatic rings. The quantitative estimate of drug-likeness (QED) is 0.781. The minimum atomic E-state index is -3.64. The van der Waals surface area contributed by atoms with Gasteiger partial charge in [0.2, 0.25) is 15.9 Å². The van der Waals surface area contributed by atoms with Crippen LogP contribution >= 0.6 is 11.6 Å². The molecule has 1 aromatic heterocycles. The third-order valence-electron chi connectivity index (χ3n) is 3.19. The number of carbonyl (C=O) groups is 1. The van der Waals surface area contributed by atoms with Gasteiger partial charge in [0, 0.05) is 11.2 Å². The summed E-state index contributed by atoms with van der Waals surface area (Å²) in [6.07, 6.45) is 1.62. The Balaban J connectivity index is 1.88. The molecule has 0 saturated carbocycles. The molecule has 0 spiro atoms. The highest BCUT2D eigenvalue weighted by molar-refractivity contribution is 7.88. The highest BCUT2D eigenvalue weighted by atomic mass is 35.5. The van der Waals surface area contributed by atoms with Crippen molar-refractivity contribution in [1.82, 2.24) is 15.0 Å². The van der Waals surface area contributed by atoms with Crippen molar-refractivity contribution in [3.8, 4) is 0 Å². The van der Waals surface area contributed by atoms with Crippen LogP contribution in [0.15, 0.2) is 48.7 Å². The molecule has 24 heavy (non-hydrogen) atoms. The summed E-state index contributed by atoms with van der Waals surface area (Å²) in [6, 6.07) is 11.0. The van der Waals surface area contributed by atoms with E-state index in [-0.39, 0.29) is 12.3 Å². The van der Waals surface area contributed by atoms with Crippen molar-refractivity contribution in [2.75, 3.05) is 0 Å². The molecule has 1 amide bonds. The maximum atomic E-state index is 12.1. The Morgan fingerprint density at radius 1 is 1.21 bits per heavy atom. The van der Waals surface area contributed by atoms with Gasteiger partial charge < -0.3 is 5.32 Å². The maximum absolute atomic E-state index is 12.1. The molecule has 0 aliphatic carbocycles. The van der Waals surface area contributed by atoms with Crippen molar-refractivity contribution in [2.24, 2.45) is 0 Å². The number of benzene rings is 1. The van der Waals surface area contributed by atoms with E-state index in [0.29, 0.717) is 16.3 Å². The summed E-state index contributed by atoms with van der Waals surface area (Å²) in [5.41, 5.74) is 1.29. The van der Waals surface area contributed by atoms with E-state index in [0.717, 1.165) is 0 Å². The van der Waals surface area contributed by atoms with Gasteiger partial charge in [-0.3, -0.25) is 9.78 Å². The van der Waals surface area contributed by atoms with Crippen molar-refractivity contribution >= 4 is 27.5 Å². The predicted octanol–water partition coefficient (Wildman–Crippen LogP) is 1.86. The van der Waals surface area contributed by atoms with Crippen LogP contribution < -0.4 is 10.0 Å². The number of pyridine rings is 1. The molecule has 1 atom stereocenters. The van der Waals surface area contributed by atoms with Gasteiger partial charge in [-0.05, 0) is 36.8 Å². The Labute approximate surface area is 146 Å². The lowest BCUT2D eigenvalue weighted by Gasteiger charge is -2.14. The second-order valence-corrected chi connectivity index (χ2v) is 7.45. The summed E-state index contributed by atoms with van der Waals surface area (Å²) in [7, 11) is -3.64. The Hall–Kier alpha value is -1.96. The van der Waals surface area contributed by atoms with Gasteiger partial charge >= 0.3 is 0 Å². The third kappa shape index (κ3) is 5.92. The highest BCUT2D eigenvalue weighted by Gasteiger charge is 2.20. The molecule has 0 aliphatic heterocycles. The molecular weight excluding hydrogens is 350 g/mol. The zero-order valence-corrected chi connectivity index (χ0v) is 14.6. The van der Waals surface area contributed by atoms with Crippen LogP contribution in [0.2, 0.25) is 5.02 Å². The highest BCUT2D eigenvalue weighted by Crippen LogP contribution is 2.11. The molecule has 2 rings (SSSR count). The lowest BCUT2D eigenvalue weighted by Crippen LogP contribution is -2.44. The number of nitrogens with one attached hydrogen (secondary N) is 2. The number of nitrogens with zero attached hydrogens (tertiary/aromatic N) is 1. The molecule has 0 radical (unpaired) electrons. The van der Waals surface area contributed by atoms with E-state index in [1.54, 1.807) is 42.6 Å². The molecule has 128 valence electrons. The molecular formula is C16H18ClN3O3S. The molecule has 1 heterocycles. The van der Waals surface area contributed by atoms with Gasteiger partial charge in [-0.25, -0.2) is 13.1 Å². The van der Waals surface area contributed by atoms with Gasteiger partial charge in [-0.1, -0.05) is 29.8 Å². The van der Waals surface area contributed by atoms with Gasteiger partial charge in [0.1, 0.15) is 0 Å². The van der Waals surface area contributed by atoms with Crippen LogP contribution in [0.25, 0.3) is 0 Å². The lowest BCUT2D eigenvalue weighted by molar-refractivity contribution is -0.122. The van der Waals surface area contributed by atoms with Crippen LogP contribution in [-0.2, 0) is 27.1 Å². The number of hydrogen-bond donors (Lipinski definition) is 2. The fourth-order valence-electron chi connectivity index (χ4n) is 2.00. The van der Waals surface area contributed by atoms with Gasteiger partial charge in [0.15, 0.2) is 0 Å². The van der Waals surface area contributed by atoms with Crippen molar-refractivity contribution < 1.29 is 13.2 Å². The van der Waals surface area contributed by atoms with Crippen molar-refractivity contribution in [2.45, 2.75) is 25.3 Å². The second kappa shape index (κ2) is 8.23. The summed E-state index contributed by atoms with van der Waals surface area (Å²) in [4.78, 5) is 16.1. The van der Waals surface area contributed by atoms with Gasteiger partial charge in [-0.15, -0.1) is 0 Å². The number of sulfonamides is 1. The molecule has 0 fully saturated rings. The lowest BCUT2D eigenvalue weighted by atomic mass is 10.2. The summed E-state index contributed by atoms with van der Waals surface area (Å²) in [6.45, 7) is 1.73. The largest absolute Gasteiger partial charge is 0.349 e. The van der Waals surface area contributed by atoms with E-state index < -0.39 is 22.0 Å². The maximum Gasteiger partial charge on any atom is 0.238 e. The van der Waals surface area contributed by atoms with Crippen LogP contribution in [0.5, 0.6) is 0 Å². The monoisotopic (exact) mass is 367 g/mol. The topological polar surface area (TPSA) is 88.2 Å². The van der Waals surface area contributed by atoms with E-state index in [9.17, 15) is 13.2 Å². The molecule has 2 aromatic rings. The molecule has 8 heteroatoms. The first-order valence-electron chi connectivity index (χ1n) is 7.28. The minimum Gasteiger partial charge on any atom is -0.349 e. The van der Waals surface area contributed by atoms with Gasteiger partial charge in [-0.2, -0.15) is 0 Å². The first kappa shape index (κ1) is 18.4. The number of rotatable bonds is 7. The summed E-state index contributed by atoms with van der Waals surface area (Å²) < 4.78 is 26.6. The predicted molar refractivity (Wildman–Crippen MR) is 92.8 cm³/mol. The van der Waals surface area contributed by atoms with Crippen molar-refractivity contribution in [3.63, 3.8) is 0 Å². The number of halogens is 1. The van der Waals surface area contributed by atoms with Crippen molar-refractivity contribution in [1.29, 1.82) is 0 Å². The van der Waals surface area contributed by atoms with E-state index in [4.69, 9.17) is 11.6 Å². The zero-order chi connectivity index (χ0) is 17.6. The average molecular weight is 368 g/mol. The fourth-order valence-corrected chi connectivity index (χ4v) is 3.48. The van der Waals surface area contributed by atoms with E-state index in [1.165, 1.54) is 6.92 Å². The zero-order valence-electron chi connectivity index (χ0n) is 13.1. The number of amides is 1. The summed E-state index contributed by atoms with van der Waals surface area (Å²) in [5.74, 6) is -0.637. The molecule has 1 unspecified atom stereocenters. The Morgan fingerprint density at radius 2 is 1.92 bits per heavy atom. The summed E-state index contributed by atoms with van der Waals surface area (Å²) >= 11 is 5.77. The van der Waals surface area contributed by atoms with Gasteiger partial charge in [0.25, 0.3) is 0 Å². The van der Waals surface area contributed by atoms with Crippen LogP contribution in [0.4, 0.5) is 0 Å². The van der Waals surface area contributed by atoms with E-state index >= 15 is 0 Å². The number of aromatic nitrogens is 1. The molecule has 2 N–H and O–H groups in total. The molecule has 0 saturated heterocycles. The SMILES string of the molecule is CC(NS(=O)(=O)Cc1ccc(Cl)cc1)C(=O)NCc1ccccn1.